The summed E-state index contributed by atoms with van der Waals surface area (Å²) < 4.78 is 0. The zero-order chi connectivity index (χ0) is 18.2. The average molecular weight is 339 g/mol. The van der Waals surface area contributed by atoms with E-state index >= 15 is 0 Å². The van der Waals surface area contributed by atoms with Crippen LogP contribution in [0.4, 0.5) is 5.69 Å². The summed E-state index contributed by atoms with van der Waals surface area (Å²) in [6, 6.07) is 15.9. The van der Waals surface area contributed by atoms with E-state index in [-0.39, 0.29) is 11.8 Å². The summed E-state index contributed by atoms with van der Waals surface area (Å²) in [6.07, 6.45) is 0.463. The minimum Gasteiger partial charge on any atom is -0.339 e. The predicted molar refractivity (Wildman–Crippen MR) is 100 cm³/mol. The molecule has 1 unspecified atom stereocenters. The zero-order valence-electron chi connectivity index (χ0n) is 14.7. The van der Waals surface area contributed by atoms with Crippen LogP contribution in [0.3, 0.4) is 0 Å². The van der Waals surface area contributed by atoms with E-state index in [4.69, 9.17) is 5.73 Å². The number of rotatable bonds is 7. The van der Waals surface area contributed by atoms with Crippen molar-refractivity contribution in [2.24, 2.45) is 5.73 Å². The number of nitrogens with one attached hydrogen (secondary N) is 1. The molecule has 0 spiro atoms. The quantitative estimate of drug-likeness (QED) is 0.814. The topological polar surface area (TPSA) is 75.4 Å². The molecule has 0 aliphatic rings. The molecule has 3 N–H and O–H groups in total. The molecule has 25 heavy (non-hydrogen) atoms. The van der Waals surface area contributed by atoms with Crippen LogP contribution in [0.2, 0.25) is 0 Å². The second kappa shape index (κ2) is 8.99. The summed E-state index contributed by atoms with van der Waals surface area (Å²) in [5.74, 6) is -0.314. The van der Waals surface area contributed by atoms with Gasteiger partial charge in [-0.3, -0.25) is 9.59 Å². The highest BCUT2D eigenvalue weighted by Gasteiger charge is 2.16. The summed E-state index contributed by atoms with van der Waals surface area (Å²) in [5, 5.41) is 2.80. The van der Waals surface area contributed by atoms with Gasteiger partial charge in [0.1, 0.15) is 0 Å². The zero-order valence-corrected chi connectivity index (χ0v) is 14.7. The van der Waals surface area contributed by atoms with Gasteiger partial charge in [0, 0.05) is 24.3 Å². The molecule has 2 amide bonds. The third kappa shape index (κ3) is 5.16. The molecule has 0 heterocycles. The number of carbonyl (C=O) groups is 2. The number of nitrogens with two attached hydrogens (primary N) is 1. The van der Waals surface area contributed by atoms with Crippen LogP contribution in [0.25, 0.3) is 0 Å². The molecule has 0 saturated carbocycles. The van der Waals surface area contributed by atoms with Gasteiger partial charge in [0.05, 0.1) is 6.04 Å². The SMILES string of the molecule is CCN(CC)C(=O)c1cccc(NC(=O)C(N)Cc2ccccc2)c1. The Labute approximate surface area is 148 Å². The van der Waals surface area contributed by atoms with E-state index in [0.29, 0.717) is 30.8 Å². The lowest BCUT2D eigenvalue weighted by atomic mass is 10.1. The van der Waals surface area contributed by atoms with Crippen molar-refractivity contribution in [2.75, 3.05) is 18.4 Å². The van der Waals surface area contributed by atoms with Crippen LogP contribution >= 0.6 is 0 Å². The van der Waals surface area contributed by atoms with Gasteiger partial charge in [0.15, 0.2) is 0 Å². The molecule has 0 aliphatic carbocycles. The Morgan fingerprint density at radius 2 is 1.72 bits per heavy atom. The highest BCUT2D eigenvalue weighted by Crippen LogP contribution is 2.14. The number of hydrogen-bond donors (Lipinski definition) is 2. The highest BCUT2D eigenvalue weighted by molar-refractivity contribution is 5.98. The molecule has 0 aliphatic heterocycles. The van der Waals surface area contributed by atoms with Gasteiger partial charge in [-0.2, -0.15) is 0 Å². The summed E-state index contributed by atoms with van der Waals surface area (Å²) >= 11 is 0. The standard InChI is InChI=1S/C20H25N3O2/c1-3-23(4-2)20(25)16-11-8-12-17(14-16)22-19(24)18(21)13-15-9-6-5-7-10-15/h5-12,14,18H,3-4,13,21H2,1-2H3,(H,22,24). The van der Waals surface area contributed by atoms with E-state index in [0.717, 1.165) is 5.56 Å². The van der Waals surface area contributed by atoms with Crippen molar-refractivity contribution >= 4 is 17.5 Å². The van der Waals surface area contributed by atoms with E-state index in [1.807, 2.05) is 44.2 Å². The van der Waals surface area contributed by atoms with Gasteiger partial charge in [0.2, 0.25) is 5.91 Å². The van der Waals surface area contributed by atoms with Gasteiger partial charge in [-0.1, -0.05) is 36.4 Å². The fourth-order valence-electron chi connectivity index (χ4n) is 2.62. The van der Waals surface area contributed by atoms with E-state index < -0.39 is 6.04 Å². The summed E-state index contributed by atoms with van der Waals surface area (Å²) in [6.45, 7) is 5.17. The van der Waals surface area contributed by atoms with Gasteiger partial charge >= 0.3 is 0 Å². The van der Waals surface area contributed by atoms with Crippen molar-refractivity contribution in [3.05, 3.63) is 65.7 Å². The molecule has 5 heteroatoms. The molecule has 2 aromatic carbocycles. The van der Waals surface area contributed by atoms with E-state index in [1.54, 1.807) is 29.2 Å². The van der Waals surface area contributed by atoms with E-state index in [1.165, 1.54) is 0 Å². The first-order chi connectivity index (χ1) is 12.0. The molecule has 5 nitrogen and oxygen atoms in total. The van der Waals surface area contributed by atoms with E-state index in [9.17, 15) is 9.59 Å². The molecule has 2 aromatic rings. The fraction of sp³-hybridized carbons (Fsp3) is 0.300. The molecule has 0 aromatic heterocycles. The van der Waals surface area contributed by atoms with Gasteiger partial charge in [-0.05, 0) is 44.0 Å². The molecule has 0 fully saturated rings. The number of carbonyl (C=O) groups excluding carboxylic acids is 2. The van der Waals surface area contributed by atoms with Crippen molar-refractivity contribution < 1.29 is 9.59 Å². The normalized spacial score (nSPS) is 11.6. The Hall–Kier alpha value is -2.66. The fourth-order valence-corrected chi connectivity index (χ4v) is 2.62. The maximum absolute atomic E-state index is 12.4. The lowest BCUT2D eigenvalue weighted by Crippen LogP contribution is -2.37. The van der Waals surface area contributed by atoms with Crippen LogP contribution in [0.1, 0.15) is 29.8 Å². The number of benzene rings is 2. The summed E-state index contributed by atoms with van der Waals surface area (Å²) in [5.41, 5.74) is 8.14. The smallest absolute Gasteiger partial charge is 0.253 e. The van der Waals surface area contributed by atoms with Crippen LogP contribution in [0, 0.1) is 0 Å². The first-order valence-electron chi connectivity index (χ1n) is 8.54. The van der Waals surface area contributed by atoms with Crippen LogP contribution in [0.5, 0.6) is 0 Å². The summed E-state index contributed by atoms with van der Waals surface area (Å²) in [7, 11) is 0. The molecule has 0 saturated heterocycles. The first kappa shape index (κ1) is 18.7. The van der Waals surface area contributed by atoms with Crippen molar-refractivity contribution in [1.29, 1.82) is 0 Å². The Kier molecular flexibility index (Phi) is 6.71. The summed E-state index contributed by atoms with van der Waals surface area (Å²) in [4.78, 5) is 26.5. The number of amides is 2. The largest absolute Gasteiger partial charge is 0.339 e. The molecule has 0 radical (unpaired) electrons. The molecular weight excluding hydrogens is 314 g/mol. The van der Waals surface area contributed by atoms with Crippen molar-refractivity contribution in [1.82, 2.24) is 4.90 Å². The third-order valence-electron chi connectivity index (χ3n) is 4.06. The Morgan fingerprint density at radius 3 is 2.36 bits per heavy atom. The van der Waals surface area contributed by atoms with Crippen LogP contribution < -0.4 is 11.1 Å². The Balaban J connectivity index is 2.03. The second-order valence-corrected chi connectivity index (χ2v) is 5.84. The van der Waals surface area contributed by atoms with Crippen LogP contribution in [0.15, 0.2) is 54.6 Å². The van der Waals surface area contributed by atoms with E-state index in [2.05, 4.69) is 5.32 Å². The average Bonchev–Trinajstić information content (AvgIpc) is 2.63. The molecule has 0 bridgehead atoms. The van der Waals surface area contributed by atoms with Gasteiger partial charge in [0.25, 0.3) is 5.91 Å². The maximum atomic E-state index is 12.4. The number of anilines is 1. The van der Waals surface area contributed by atoms with Crippen molar-refractivity contribution in [2.45, 2.75) is 26.3 Å². The minimum atomic E-state index is -0.649. The first-order valence-corrected chi connectivity index (χ1v) is 8.54. The van der Waals surface area contributed by atoms with Crippen LogP contribution in [-0.2, 0) is 11.2 Å². The van der Waals surface area contributed by atoms with Gasteiger partial charge in [-0.15, -0.1) is 0 Å². The molecular formula is C20H25N3O2. The predicted octanol–water partition coefficient (Wildman–Crippen LogP) is 2.68. The lowest BCUT2D eigenvalue weighted by molar-refractivity contribution is -0.117. The van der Waals surface area contributed by atoms with Crippen LogP contribution in [-0.4, -0.2) is 35.8 Å². The molecule has 132 valence electrons. The van der Waals surface area contributed by atoms with Gasteiger partial charge < -0.3 is 16.0 Å². The second-order valence-electron chi connectivity index (χ2n) is 5.84. The van der Waals surface area contributed by atoms with Gasteiger partial charge in [-0.25, -0.2) is 0 Å². The number of nitrogens with zero attached hydrogens (tertiary/aromatic N) is 1. The number of hydrogen-bond acceptors (Lipinski definition) is 3. The maximum Gasteiger partial charge on any atom is 0.253 e. The van der Waals surface area contributed by atoms with Crippen molar-refractivity contribution in [3.8, 4) is 0 Å². The Bertz CT molecular complexity index is 712. The monoisotopic (exact) mass is 339 g/mol. The minimum absolute atomic E-state index is 0.0466. The third-order valence-corrected chi connectivity index (χ3v) is 4.06. The highest BCUT2D eigenvalue weighted by atomic mass is 16.2. The lowest BCUT2D eigenvalue weighted by Gasteiger charge is -2.19. The molecule has 2 rings (SSSR count). The Morgan fingerprint density at radius 1 is 1.04 bits per heavy atom. The molecule has 1 atom stereocenters. The van der Waals surface area contributed by atoms with Crippen molar-refractivity contribution in [3.63, 3.8) is 0 Å².